The van der Waals surface area contributed by atoms with Crippen LogP contribution >= 0.6 is 27.5 Å². The van der Waals surface area contributed by atoms with Gasteiger partial charge >= 0.3 is 11.9 Å². The number of rotatable bonds is 12. The molecular formula is C24H26BrClN2O6. The fourth-order valence-corrected chi connectivity index (χ4v) is 3.41. The van der Waals surface area contributed by atoms with Crippen molar-refractivity contribution in [3.8, 4) is 0 Å². The lowest BCUT2D eigenvalue weighted by Crippen LogP contribution is -2.21. The van der Waals surface area contributed by atoms with Crippen LogP contribution in [0.15, 0.2) is 46.9 Å². The third-order valence-corrected chi connectivity index (χ3v) is 5.30. The first-order chi connectivity index (χ1) is 16.3. The van der Waals surface area contributed by atoms with Crippen molar-refractivity contribution >= 4 is 62.7 Å². The summed E-state index contributed by atoms with van der Waals surface area (Å²) in [6, 6.07) is 11.3. The number of esters is 2. The summed E-state index contributed by atoms with van der Waals surface area (Å²) in [6.45, 7) is 1.93. The van der Waals surface area contributed by atoms with Crippen molar-refractivity contribution in [2.45, 2.75) is 39.0 Å². The molecule has 2 aromatic rings. The van der Waals surface area contributed by atoms with E-state index in [2.05, 4.69) is 26.6 Å². The summed E-state index contributed by atoms with van der Waals surface area (Å²) in [5.74, 6) is -1.80. The lowest BCUT2D eigenvalue weighted by molar-refractivity contribution is -0.147. The molecule has 0 unspecified atom stereocenters. The zero-order valence-corrected chi connectivity index (χ0v) is 21.0. The number of halogens is 2. The second-order valence-corrected chi connectivity index (χ2v) is 8.62. The van der Waals surface area contributed by atoms with Crippen LogP contribution in [0, 0.1) is 0 Å². The van der Waals surface area contributed by atoms with E-state index in [0.717, 1.165) is 17.3 Å². The van der Waals surface area contributed by atoms with Gasteiger partial charge in [0.15, 0.2) is 6.61 Å². The van der Waals surface area contributed by atoms with E-state index in [-0.39, 0.29) is 25.2 Å². The maximum atomic E-state index is 12.1. The number of hydrogen-bond donors (Lipinski definition) is 2. The van der Waals surface area contributed by atoms with Gasteiger partial charge in [-0.3, -0.25) is 14.4 Å². The van der Waals surface area contributed by atoms with Gasteiger partial charge in [0.25, 0.3) is 5.91 Å². The average Bonchev–Trinajstić information content (AvgIpc) is 2.80. The third-order valence-electron chi connectivity index (χ3n) is 4.49. The molecule has 0 aromatic heterocycles. The minimum absolute atomic E-state index is 0.0116. The Morgan fingerprint density at radius 2 is 1.65 bits per heavy atom. The molecule has 0 saturated heterocycles. The molecule has 0 aliphatic heterocycles. The zero-order chi connectivity index (χ0) is 24.9. The molecule has 10 heteroatoms. The quantitative estimate of drug-likeness (QED) is 0.271. The van der Waals surface area contributed by atoms with Crippen LogP contribution in [0.4, 0.5) is 11.4 Å². The van der Waals surface area contributed by atoms with Crippen LogP contribution in [0.3, 0.4) is 0 Å². The van der Waals surface area contributed by atoms with Gasteiger partial charge in [0.1, 0.15) is 0 Å². The summed E-state index contributed by atoms with van der Waals surface area (Å²) >= 11 is 9.30. The molecule has 0 aliphatic carbocycles. The normalized spacial score (nSPS) is 10.3. The van der Waals surface area contributed by atoms with E-state index in [1.165, 1.54) is 0 Å². The van der Waals surface area contributed by atoms with E-state index in [9.17, 15) is 19.2 Å². The first kappa shape index (κ1) is 27.3. The minimum Gasteiger partial charge on any atom is -0.462 e. The van der Waals surface area contributed by atoms with Crippen molar-refractivity contribution < 1.29 is 28.7 Å². The first-order valence-electron chi connectivity index (χ1n) is 10.8. The van der Waals surface area contributed by atoms with Crippen LogP contribution in [0.5, 0.6) is 0 Å². The summed E-state index contributed by atoms with van der Waals surface area (Å²) in [5.41, 5.74) is 1.34. The Labute approximate surface area is 211 Å². The van der Waals surface area contributed by atoms with Crippen LogP contribution in [-0.4, -0.2) is 37.0 Å². The van der Waals surface area contributed by atoms with Crippen LogP contribution in [0.25, 0.3) is 0 Å². The molecule has 0 atom stereocenters. The molecule has 2 amide bonds. The summed E-state index contributed by atoms with van der Waals surface area (Å²) in [4.78, 5) is 47.7. The Balaban J connectivity index is 1.65. The van der Waals surface area contributed by atoms with Gasteiger partial charge in [-0.1, -0.05) is 40.9 Å². The molecule has 0 heterocycles. The first-order valence-corrected chi connectivity index (χ1v) is 11.9. The van der Waals surface area contributed by atoms with Crippen molar-refractivity contribution in [2.24, 2.45) is 0 Å². The number of unbranched alkanes of at least 4 members (excludes halogenated alkanes) is 1. The van der Waals surface area contributed by atoms with Crippen molar-refractivity contribution in [3.63, 3.8) is 0 Å². The van der Waals surface area contributed by atoms with Crippen LogP contribution in [0.2, 0.25) is 5.02 Å². The number of ether oxygens (including phenoxy) is 2. The van der Waals surface area contributed by atoms with Gasteiger partial charge in [0.2, 0.25) is 5.91 Å². The number of nitrogens with one attached hydrogen (secondary N) is 2. The number of anilines is 2. The van der Waals surface area contributed by atoms with Crippen LogP contribution in [0.1, 0.15) is 49.4 Å². The summed E-state index contributed by atoms with van der Waals surface area (Å²) < 4.78 is 10.8. The topological polar surface area (TPSA) is 111 Å². The zero-order valence-electron chi connectivity index (χ0n) is 18.7. The van der Waals surface area contributed by atoms with Crippen molar-refractivity contribution in [2.75, 3.05) is 23.8 Å². The van der Waals surface area contributed by atoms with Crippen molar-refractivity contribution in [1.29, 1.82) is 0 Å². The maximum Gasteiger partial charge on any atom is 0.338 e. The molecule has 0 bridgehead atoms. The SMILES string of the molecule is CCCCOC(=O)c1ccc(NC(=O)CCCC(=O)OCC(=O)Nc2ccc(Br)cc2Cl)cc1. The Morgan fingerprint density at radius 3 is 2.32 bits per heavy atom. The highest BCUT2D eigenvalue weighted by atomic mass is 79.9. The monoisotopic (exact) mass is 552 g/mol. The fraction of sp³-hybridized carbons (Fsp3) is 0.333. The van der Waals surface area contributed by atoms with Gasteiger partial charge in [0.05, 0.1) is 22.9 Å². The van der Waals surface area contributed by atoms with E-state index < -0.39 is 24.5 Å². The molecule has 0 spiro atoms. The lowest BCUT2D eigenvalue weighted by Gasteiger charge is -2.09. The van der Waals surface area contributed by atoms with Crippen LogP contribution < -0.4 is 10.6 Å². The van der Waals surface area contributed by atoms with Gasteiger partial charge in [-0.05, 0) is 55.3 Å². The van der Waals surface area contributed by atoms with E-state index >= 15 is 0 Å². The molecule has 182 valence electrons. The predicted octanol–water partition coefficient (Wildman–Crippen LogP) is 5.35. The molecule has 34 heavy (non-hydrogen) atoms. The molecule has 8 nitrogen and oxygen atoms in total. The van der Waals surface area contributed by atoms with E-state index in [1.54, 1.807) is 42.5 Å². The van der Waals surface area contributed by atoms with Crippen LogP contribution in [-0.2, 0) is 23.9 Å². The standard InChI is InChI=1S/C24H26BrClN2O6/c1-2-3-13-33-24(32)16-7-10-18(11-8-16)27-21(29)5-4-6-23(31)34-15-22(30)28-20-12-9-17(25)14-19(20)26/h7-12,14H,2-6,13,15H2,1H3,(H,27,29)(H,28,30). The van der Waals surface area contributed by atoms with Gasteiger partial charge < -0.3 is 20.1 Å². The summed E-state index contributed by atoms with van der Waals surface area (Å²) in [5, 5.41) is 5.60. The number of benzene rings is 2. The smallest absolute Gasteiger partial charge is 0.338 e. The number of hydrogen-bond acceptors (Lipinski definition) is 6. The molecular weight excluding hydrogens is 528 g/mol. The predicted molar refractivity (Wildman–Crippen MR) is 133 cm³/mol. The molecule has 0 saturated carbocycles. The van der Waals surface area contributed by atoms with Gasteiger partial charge in [-0.2, -0.15) is 0 Å². The largest absolute Gasteiger partial charge is 0.462 e. The highest BCUT2D eigenvalue weighted by Gasteiger charge is 2.12. The Kier molecular flexibility index (Phi) is 11.6. The van der Waals surface area contributed by atoms with Gasteiger partial charge in [0, 0.05) is 23.0 Å². The summed E-state index contributed by atoms with van der Waals surface area (Å²) in [7, 11) is 0. The Bertz CT molecular complexity index is 1010. The minimum atomic E-state index is -0.587. The molecule has 0 radical (unpaired) electrons. The molecule has 0 aliphatic rings. The fourth-order valence-electron chi connectivity index (χ4n) is 2.69. The van der Waals surface area contributed by atoms with E-state index in [0.29, 0.717) is 28.6 Å². The maximum absolute atomic E-state index is 12.1. The molecule has 2 rings (SSSR count). The second kappa shape index (κ2) is 14.4. The second-order valence-electron chi connectivity index (χ2n) is 7.30. The summed E-state index contributed by atoms with van der Waals surface area (Å²) in [6.07, 6.45) is 2.08. The highest BCUT2D eigenvalue weighted by Crippen LogP contribution is 2.25. The molecule has 2 N–H and O–H groups in total. The third kappa shape index (κ3) is 9.93. The van der Waals surface area contributed by atoms with E-state index in [1.807, 2.05) is 6.92 Å². The highest BCUT2D eigenvalue weighted by molar-refractivity contribution is 9.10. The molecule has 2 aromatic carbocycles. The van der Waals surface area contributed by atoms with Gasteiger partial charge in [-0.15, -0.1) is 0 Å². The number of carbonyl (C=O) groups excluding carboxylic acids is 4. The Hall–Kier alpha value is -2.91. The lowest BCUT2D eigenvalue weighted by atomic mass is 10.2. The number of amides is 2. The molecule has 0 fully saturated rings. The number of carbonyl (C=O) groups is 4. The average molecular weight is 554 g/mol. The van der Waals surface area contributed by atoms with Gasteiger partial charge in [-0.25, -0.2) is 4.79 Å². The Morgan fingerprint density at radius 1 is 0.912 bits per heavy atom. The van der Waals surface area contributed by atoms with Crippen molar-refractivity contribution in [1.82, 2.24) is 0 Å². The van der Waals surface area contributed by atoms with Crippen molar-refractivity contribution in [3.05, 3.63) is 57.5 Å². The van der Waals surface area contributed by atoms with E-state index in [4.69, 9.17) is 21.1 Å².